The van der Waals surface area contributed by atoms with E-state index in [0.717, 1.165) is 5.69 Å². The van der Waals surface area contributed by atoms with Crippen LogP contribution in [0, 0.1) is 5.92 Å². The van der Waals surface area contributed by atoms with Gasteiger partial charge in [0.25, 0.3) is 0 Å². The highest BCUT2D eigenvalue weighted by Crippen LogP contribution is 2.32. The molecule has 0 spiro atoms. The number of hydrogen-bond donors (Lipinski definition) is 6. The molecule has 0 aliphatic rings. The number of nitrogens with one attached hydrogen (secondary N) is 3. The lowest BCUT2D eigenvalue weighted by Gasteiger charge is -2.20. The topological polar surface area (TPSA) is 139 Å². The first-order valence-corrected chi connectivity index (χ1v) is 10.2. The summed E-state index contributed by atoms with van der Waals surface area (Å²) in [5.74, 6) is 1.00. The molecule has 0 aliphatic heterocycles. The summed E-state index contributed by atoms with van der Waals surface area (Å²) in [4.78, 5) is 9.14. The van der Waals surface area contributed by atoms with Gasteiger partial charge in [-0.15, -0.1) is 0 Å². The van der Waals surface area contributed by atoms with Crippen LogP contribution in [0.3, 0.4) is 0 Å². The predicted octanol–water partition coefficient (Wildman–Crippen LogP) is 3.58. The van der Waals surface area contributed by atoms with E-state index in [1.54, 1.807) is 0 Å². The fourth-order valence-corrected chi connectivity index (χ4v) is 3.17. The number of H-pyrrole nitrogens is 1. The Morgan fingerprint density at radius 1 is 1.07 bits per heavy atom. The summed E-state index contributed by atoms with van der Waals surface area (Å²) < 4.78 is 0. The van der Waals surface area contributed by atoms with Crippen LogP contribution in [0.1, 0.15) is 44.9 Å². The van der Waals surface area contributed by atoms with Gasteiger partial charge in [-0.2, -0.15) is 10.1 Å². The van der Waals surface area contributed by atoms with Crippen molar-refractivity contribution in [3.8, 4) is 11.5 Å². The molecule has 0 radical (unpaired) electrons. The van der Waals surface area contributed by atoms with E-state index in [2.05, 4.69) is 30.8 Å². The van der Waals surface area contributed by atoms with Gasteiger partial charge in [0.2, 0.25) is 5.95 Å². The van der Waals surface area contributed by atoms with Crippen molar-refractivity contribution in [1.82, 2.24) is 20.2 Å². The van der Waals surface area contributed by atoms with Gasteiger partial charge in [0.1, 0.15) is 17.0 Å². The van der Waals surface area contributed by atoms with Gasteiger partial charge in [-0.3, -0.25) is 5.10 Å². The maximum absolute atomic E-state index is 10.1. The van der Waals surface area contributed by atoms with Crippen molar-refractivity contribution in [2.45, 2.75) is 46.2 Å². The molecule has 10 heteroatoms. The van der Waals surface area contributed by atoms with Crippen molar-refractivity contribution in [2.75, 3.05) is 17.2 Å². The highest BCUT2D eigenvalue weighted by atomic mass is 35.5. The Balaban J connectivity index is 1.99. The minimum absolute atomic E-state index is 0.0426. The summed E-state index contributed by atoms with van der Waals surface area (Å²) in [5, 5.41) is 43.4. The maximum atomic E-state index is 10.1. The zero-order chi connectivity index (χ0) is 22.0. The number of benzene rings is 1. The molecule has 0 bridgehead atoms. The Bertz CT molecular complexity index is 1040. The minimum Gasteiger partial charge on any atom is -0.508 e. The van der Waals surface area contributed by atoms with Gasteiger partial charge >= 0.3 is 0 Å². The van der Waals surface area contributed by atoms with Gasteiger partial charge < -0.3 is 26.0 Å². The normalized spacial score (nSPS) is 12.7. The summed E-state index contributed by atoms with van der Waals surface area (Å²) in [7, 11) is 0. The number of aromatic amines is 1. The number of phenolic OH excluding ortho intramolecular Hbond substituents is 2. The molecule has 3 aromatic rings. The lowest BCUT2D eigenvalue weighted by Crippen LogP contribution is -2.30. The fraction of sp³-hybridized carbons (Fsp3) is 0.450. The molecule has 3 rings (SSSR count). The quantitative estimate of drug-likeness (QED) is 0.296. The van der Waals surface area contributed by atoms with Crippen molar-refractivity contribution < 1.29 is 15.3 Å². The number of phenols is 2. The Kier molecular flexibility index (Phi) is 6.52. The Morgan fingerprint density at radius 3 is 2.43 bits per heavy atom. The lowest BCUT2D eigenvalue weighted by atomic mass is 10.1. The Hall–Kier alpha value is -2.78. The smallest absolute Gasteiger partial charge is 0.225 e. The largest absolute Gasteiger partial charge is 0.508 e. The molecule has 30 heavy (non-hydrogen) atoms. The minimum atomic E-state index is -0.207. The molecular formula is C20H27ClN6O3. The van der Waals surface area contributed by atoms with Crippen molar-refractivity contribution >= 4 is 34.4 Å². The second-order valence-electron chi connectivity index (χ2n) is 7.85. The van der Waals surface area contributed by atoms with E-state index in [1.165, 1.54) is 12.1 Å². The van der Waals surface area contributed by atoms with Crippen molar-refractivity contribution in [3.05, 3.63) is 28.4 Å². The second kappa shape index (κ2) is 8.93. The molecule has 2 heterocycles. The standard InChI is InChI=1S/C20H27ClN6O3/c1-9(2)13(8-28)23-20-24-17-16(10(3)4)26-27-18(17)19(25-20)22-7-11-5-15(30)12(21)6-14(11)29/h5-6,9-10,13,28-30H,7-8H2,1-4H3,(H,26,27)(H2,22,23,24,25)/t13-/m0/s1. The third kappa shape index (κ3) is 4.52. The fourth-order valence-electron chi connectivity index (χ4n) is 3.01. The number of fused-ring (bicyclic) bond motifs is 1. The van der Waals surface area contributed by atoms with Crippen LogP contribution in [0.5, 0.6) is 11.5 Å². The van der Waals surface area contributed by atoms with E-state index in [9.17, 15) is 15.3 Å². The molecule has 1 aromatic carbocycles. The summed E-state index contributed by atoms with van der Waals surface area (Å²) >= 11 is 5.83. The van der Waals surface area contributed by atoms with E-state index in [1.807, 2.05) is 27.7 Å². The zero-order valence-electron chi connectivity index (χ0n) is 17.4. The number of nitrogens with zero attached hydrogens (tertiary/aromatic N) is 3. The van der Waals surface area contributed by atoms with Crippen molar-refractivity contribution in [3.63, 3.8) is 0 Å². The number of rotatable bonds is 8. The summed E-state index contributed by atoms with van der Waals surface area (Å²) in [6, 6.07) is 2.48. The molecule has 0 aliphatic carbocycles. The molecule has 9 nitrogen and oxygen atoms in total. The molecule has 0 fully saturated rings. The number of aromatic hydroxyl groups is 2. The number of hydrogen-bond acceptors (Lipinski definition) is 8. The number of halogens is 1. The maximum Gasteiger partial charge on any atom is 0.225 e. The first-order valence-electron chi connectivity index (χ1n) is 9.78. The van der Waals surface area contributed by atoms with Crippen LogP contribution in [-0.4, -0.2) is 48.1 Å². The Morgan fingerprint density at radius 2 is 1.80 bits per heavy atom. The molecule has 1 atom stereocenters. The van der Waals surface area contributed by atoms with Gasteiger partial charge in [-0.1, -0.05) is 39.3 Å². The van der Waals surface area contributed by atoms with Crippen molar-refractivity contribution in [2.24, 2.45) is 5.92 Å². The molecule has 6 N–H and O–H groups in total. The second-order valence-corrected chi connectivity index (χ2v) is 8.26. The average Bonchev–Trinajstić information content (AvgIpc) is 3.11. The highest BCUT2D eigenvalue weighted by Gasteiger charge is 2.20. The van der Waals surface area contributed by atoms with Gasteiger partial charge in [-0.25, -0.2) is 4.98 Å². The van der Waals surface area contributed by atoms with Gasteiger partial charge in [0.05, 0.1) is 23.4 Å². The van der Waals surface area contributed by atoms with E-state index in [4.69, 9.17) is 11.6 Å². The van der Waals surface area contributed by atoms with Crippen LogP contribution >= 0.6 is 11.6 Å². The first-order chi connectivity index (χ1) is 14.2. The van der Waals surface area contributed by atoms with Gasteiger partial charge in [0, 0.05) is 18.2 Å². The molecule has 0 saturated heterocycles. The monoisotopic (exact) mass is 434 g/mol. The lowest BCUT2D eigenvalue weighted by molar-refractivity contribution is 0.248. The molecule has 0 amide bonds. The van der Waals surface area contributed by atoms with Crippen LogP contribution < -0.4 is 10.6 Å². The summed E-state index contributed by atoms with van der Waals surface area (Å²) in [6.45, 7) is 8.20. The van der Waals surface area contributed by atoms with E-state index in [-0.39, 0.29) is 47.6 Å². The number of aliphatic hydroxyl groups excluding tert-OH is 1. The number of anilines is 2. The third-order valence-electron chi connectivity index (χ3n) is 4.91. The summed E-state index contributed by atoms with van der Waals surface area (Å²) in [5.41, 5.74) is 2.56. The molecular weight excluding hydrogens is 408 g/mol. The SMILES string of the molecule is CC(C)c1[nH]nc2c(NCc3cc(O)c(Cl)cc3O)nc(N[C@@H](CO)C(C)C)nc12. The highest BCUT2D eigenvalue weighted by molar-refractivity contribution is 6.32. The Labute approximate surface area is 179 Å². The van der Waals surface area contributed by atoms with Gasteiger partial charge in [0.15, 0.2) is 11.3 Å². The van der Waals surface area contributed by atoms with Crippen LogP contribution in [-0.2, 0) is 6.54 Å². The molecule has 162 valence electrons. The van der Waals surface area contributed by atoms with Crippen LogP contribution in [0.2, 0.25) is 5.02 Å². The van der Waals surface area contributed by atoms with Crippen LogP contribution in [0.4, 0.5) is 11.8 Å². The molecule has 2 aromatic heterocycles. The van der Waals surface area contributed by atoms with E-state index >= 15 is 0 Å². The zero-order valence-corrected chi connectivity index (χ0v) is 18.1. The summed E-state index contributed by atoms with van der Waals surface area (Å²) in [6.07, 6.45) is 0. The van der Waals surface area contributed by atoms with E-state index in [0.29, 0.717) is 28.4 Å². The predicted molar refractivity (Wildman–Crippen MR) is 117 cm³/mol. The molecule has 0 saturated carbocycles. The third-order valence-corrected chi connectivity index (χ3v) is 5.22. The number of aliphatic hydroxyl groups is 1. The van der Waals surface area contributed by atoms with Crippen LogP contribution in [0.25, 0.3) is 11.0 Å². The van der Waals surface area contributed by atoms with E-state index < -0.39 is 0 Å². The average molecular weight is 435 g/mol. The molecule has 0 unspecified atom stereocenters. The van der Waals surface area contributed by atoms with Crippen molar-refractivity contribution in [1.29, 1.82) is 0 Å². The van der Waals surface area contributed by atoms with Crippen LogP contribution in [0.15, 0.2) is 12.1 Å². The first kappa shape index (κ1) is 21.9. The van der Waals surface area contributed by atoms with Gasteiger partial charge in [-0.05, 0) is 17.9 Å². The number of aromatic nitrogens is 4.